The molecule has 3 heteroatoms. The van der Waals surface area contributed by atoms with Crippen LogP contribution < -0.4 is 4.90 Å². The third-order valence-electron chi connectivity index (χ3n) is 31.6. The smallest absolute Gasteiger partial charge is 0.144 e. The van der Waals surface area contributed by atoms with Gasteiger partial charge in [0.1, 0.15) is 22.3 Å². The predicted molar refractivity (Wildman–Crippen MR) is 540 cm³/mol. The molecule has 0 saturated carbocycles. The molecular weight excluding hydrogens is 1500 g/mol. The highest BCUT2D eigenvalue weighted by atomic mass is 16.3. The Hall–Kier alpha value is -7.62. The van der Waals surface area contributed by atoms with Crippen LogP contribution in [0.2, 0.25) is 0 Å². The molecule has 0 bridgehead atoms. The molecule has 4 aliphatic rings. The van der Waals surface area contributed by atoms with Gasteiger partial charge in [0.15, 0.2) is 0 Å². The lowest BCUT2D eigenvalue weighted by molar-refractivity contribution is 0.369. The fourth-order valence-electron chi connectivity index (χ4n) is 25.5. The minimum absolute atomic E-state index is 0.110. The Bertz CT molecular complexity index is 5250. The summed E-state index contributed by atoms with van der Waals surface area (Å²) in [5.41, 5.74) is 36.3. The van der Waals surface area contributed by atoms with Gasteiger partial charge < -0.3 is 13.7 Å². The van der Waals surface area contributed by atoms with Gasteiger partial charge in [-0.05, 0) is 221 Å². The maximum atomic E-state index is 7.73. The maximum Gasteiger partial charge on any atom is 0.144 e. The monoisotopic (exact) mass is 1660 g/mol. The Kier molecular flexibility index (Phi) is 31.6. The van der Waals surface area contributed by atoms with Crippen molar-refractivity contribution in [2.75, 3.05) is 4.90 Å². The molecule has 0 atom stereocenters. The summed E-state index contributed by atoms with van der Waals surface area (Å²) < 4.78 is 14.8. The van der Waals surface area contributed by atoms with Crippen molar-refractivity contribution in [1.82, 2.24) is 0 Å². The lowest BCUT2D eigenvalue weighted by atomic mass is 9.62. The molecule has 0 N–H and O–H groups in total. The molecule has 3 nitrogen and oxygen atoms in total. The number of fused-ring (bicyclic) bond motifs is 22. The van der Waals surface area contributed by atoms with Crippen LogP contribution in [0.3, 0.4) is 0 Å². The van der Waals surface area contributed by atoms with E-state index in [0.717, 1.165) is 48.0 Å². The standard InChI is InChI=1S/C121H161NO2/c1-12-20-28-36-44-54-74-118(75-55-45-37-29-21-13-2)101-72-73-108-110(96-63-49-52-66-106(96)123-108)109(101)99-87-104-98(86-105(99)118)93-70-68-91(84-102(93)119(104,76-56-46-38-30-22-14-3)77-57-47-39-31-23-15-4)122(116-89(10)82-88(9)83-90(116)11)92-69-71-95-103(85-92)121(80-60-42-34-26-18-7,81-61-43-35-27-19-8)114-111(95)112-97-64-50-53-67-107(97)124-117(112)113-94-62-48-51-65-100(94)120(115(113)114,78-58-40-32-24-16-5)79-59-41-33-25-17-6/h48-53,62-73,82-87H,12-47,54-61,74-81H2,1-11H3. The van der Waals surface area contributed by atoms with Crippen LogP contribution in [-0.4, -0.2) is 0 Å². The van der Waals surface area contributed by atoms with Gasteiger partial charge in [-0.2, -0.15) is 0 Å². The second kappa shape index (κ2) is 43.0. The van der Waals surface area contributed by atoms with Crippen molar-refractivity contribution in [3.8, 4) is 44.5 Å². The highest BCUT2D eigenvalue weighted by Crippen LogP contribution is 2.69. The number of aryl methyl sites for hydroxylation is 3. The summed E-state index contributed by atoms with van der Waals surface area (Å²) in [4.78, 5) is 2.85. The fraction of sp³-hybridized carbons (Fsp3) is 0.554. The van der Waals surface area contributed by atoms with E-state index in [1.54, 1.807) is 44.5 Å². The van der Waals surface area contributed by atoms with Crippen LogP contribution >= 0.6 is 0 Å². The first kappa shape index (κ1) is 91.1. The van der Waals surface area contributed by atoms with Crippen molar-refractivity contribution < 1.29 is 8.83 Å². The quantitative estimate of drug-likeness (QED) is 0.0356. The van der Waals surface area contributed by atoms with Gasteiger partial charge in [0, 0.05) is 60.1 Å². The summed E-state index contributed by atoms with van der Waals surface area (Å²) >= 11 is 0. The van der Waals surface area contributed by atoms with Crippen LogP contribution in [0, 0.1) is 20.8 Å². The van der Waals surface area contributed by atoms with Crippen molar-refractivity contribution in [3.05, 3.63) is 207 Å². The number of hydrogen-bond acceptors (Lipinski definition) is 3. The minimum Gasteiger partial charge on any atom is -0.456 e. The number of hydrogen-bond donors (Lipinski definition) is 0. The van der Waals surface area contributed by atoms with E-state index >= 15 is 0 Å². The van der Waals surface area contributed by atoms with Crippen molar-refractivity contribution in [3.63, 3.8) is 0 Å². The Balaban J connectivity index is 0.994. The average molecular weight is 1660 g/mol. The Morgan fingerprint density at radius 3 is 1.06 bits per heavy atom. The highest BCUT2D eigenvalue weighted by Gasteiger charge is 2.55. The first-order valence-electron chi connectivity index (χ1n) is 52.4. The van der Waals surface area contributed by atoms with Crippen molar-refractivity contribution in [2.24, 2.45) is 0 Å². The predicted octanol–water partition coefficient (Wildman–Crippen LogP) is 39.4. The molecule has 0 aliphatic heterocycles. The lowest BCUT2D eigenvalue weighted by Crippen LogP contribution is -2.33. The van der Waals surface area contributed by atoms with Crippen LogP contribution in [0.25, 0.3) is 88.4 Å². The molecule has 11 aromatic rings. The number of furan rings is 2. The molecule has 4 aliphatic carbocycles. The van der Waals surface area contributed by atoms with E-state index < -0.39 is 0 Å². The van der Waals surface area contributed by atoms with Crippen molar-refractivity contribution in [1.29, 1.82) is 0 Å². The van der Waals surface area contributed by atoms with Gasteiger partial charge in [-0.15, -0.1) is 0 Å². The van der Waals surface area contributed by atoms with Gasteiger partial charge in [0.05, 0.1) is 5.69 Å². The molecule has 124 heavy (non-hydrogen) atoms. The molecule has 2 heterocycles. The van der Waals surface area contributed by atoms with E-state index in [9.17, 15) is 0 Å². The summed E-state index contributed by atoms with van der Waals surface area (Å²) in [6, 6.07) is 60.6. The van der Waals surface area contributed by atoms with Crippen LogP contribution in [0.1, 0.15) is 450 Å². The topological polar surface area (TPSA) is 29.5 Å². The van der Waals surface area contributed by atoms with Gasteiger partial charge in [-0.1, -0.05) is 434 Å². The van der Waals surface area contributed by atoms with Gasteiger partial charge in [-0.3, -0.25) is 0 Å². The Labute approximate surface area is 752 Å². The van der Waals surface area contributed by atoms with E-state index in [4.69, 9.17) is 8.83 Å². The number of rotatable bonds is 55. The van der Waals surface area contributed by atoms with Crippen LogP contribution in [0.4, 0.5) is 17.1 Å². The first-order valence-corrected chi connectivity index (χ1v) is 52.4. The summed E-state index contributed by atoms with van der Waals surface area (Å²) in [5.74, 6) is 0. The molecule has 0 saturated heterocycles. The molecule has 9 aromatic carbocycles. The zero-order valence-electron chi connectivity index (χ0n) is 79.9. The molecule has 15 rings (SSSR count). The largest absolute Gasteiger partial charge is 0.456 e. The summed E-state index contributed by atoms with van der Waals surface area (Å²) in [6.45, 7) is 26.4. The van der Waals surface area contributed by atoms with Gasteiger partial charge in [-0.25, -0.2) is 0 Å². The molecular formula is C121H161NO2. The van der Waals surface area contributed by atoms with Gasteiger partial charge in [0.2, 0.25) is 0 Å². The number of unbranched alkanes of at least 4 members (excludes halogenated alkanes) is 36. The second-order valence-corrected chi connectivity index (χ2v) is 40.3. The number of para-hydroxylation sites is 2. The number of anilines is 3. The molecule has 662 valence electrons. The number of benzene rings is 9. The first-order chi connectivity index (χ1) is 61.0. The Morgan fingerprint density at radius 1 is 0.242 bits per heavy atom. The Morgan fingerprint density at radius 2 is 0.589 bits per heavy atom. The molecule has 2 aromatic heterocycles. The third kappa shape index (κ3) is 18.2. The summed E-state index contributed by atoms with van der Waals surface area (Å²) in [6.07, 6.45) is 65.9. The maximum absolute atomic E-state index is 7.73. The summed E-state index contributed by atoms with van der Waals surface area (Å²) in [7, 11) is 0. The molecule has 0 spiro atoms. The van der Waals surface area contributed by atoms with E-state index in [0.29, 0.717) is 0 Å². The molecule has 0 fully saturated rings. The zero-order valence-corrected chi connectivity index (χ0v) is 79.9. The second-order valence-electron chi connectivity index (χ2n) is 40.3. The average Bonchev–Trinajstić information content (AvgIpc) is 1.50. The number of nitrogens with zero attached hydrogens (tertiary/aromatic N) is 1. The van der Waals surface area contributed by atoms with E-state index in [-0.39, 0.29) is 21.7 Å². The van der Waals surface area contributed by atoms with E-state index in [1.807, 2.05) is 0 Å². The lowest BCUT2D eigenvalue weighted by Gasteiger charge is -2.40. The van der Waals surface area contributed by atoms with E-state index in [2.05, 4.69) is 227 Å². The molecule has 0 radical (unpaired) electrons. The normalized spacial score (nSPS) is 14.6. The third-order valence-corrected chi connectivity index (χ3v) is 31.6. The van der Waals surface area contributed by atoms with Crippen molar-refractivity contribution >= 4 is 60.9 Å². The SMILES string of the molecule is CCCCCCCCC1(CCCCCCCC)c2cc(N(c3ccc4c(c3)C(CCCCCCC)(CCCCCCC)c3c5c(c6oc7ccccc7c6c3-4)-c3ccccc3C5(CCCCCCC)CCCCCCC)c3c(C)cc(C)cc3C)ccc2-c2cc3c(cc21)-c1c(ccc2oc4ccccc4c12)C3(CCCCCCCC)CCCCCCCC. The molecule has 0 unspecified atom stereocenters. The van der Waals surface area contributed by atoms with Crippen LogP contribution in [0.15, 0.2) is 154 Å². The summed E-state index contributed by atoms with van der Waals surface area (Å²) in [5, 5.41) is 5.26. The van der Waals surface area contributed by atoms with E-state index in [1.165, 1.54) is 408 Å². The van der Waals surface area contributed by atoms with Crippen LogP contribution in [0.5, 0.6) is 0 Å². The van der Waals surface area contributed by atoms with Gasteiger partial charge >= 0.3 is 0 Å². The highest BCUT2D eigenvalue weighted by molar-refractivity contribution is 6.21. The van der Waals surface area contributed by atoms with Gasteiger partial charge in [0.25, 0.3) is 0 Å². The van der Waals surface area contributed by atoms with Crippen molar-refractivity contribution in [2.45, 2.75) is 432 Å². The van der Waals surface area contributed by atoms with Crippen LogP contribution in [-0.2, 0) is 21.7 Å². The minimum atomic E-state index is -0.258. The molecule has 0 amide bonds. The fourth-order valence-corrected chi connectivity index (χ4v) is 25.5. The zero-order chi connectivity index (χ0) is 86.1.